The van der Waals surface area contributed by atoms with Crippen molar-refractivity contribution in [3.8, 4) is 0 Å². The van der Waals surface area contributed by atoms with Crippen molar-refractivity contribution in [2.45, 2.75) is 17.7 Å². The molecule has 1 aromatic rings. The molecule has 0 saturated heterocycles. The molecular weight excluding hydrogens is 271 g/mol. The van der Waals surface area contributed by atoms with Gasteiger partial charge in [0.2, 0.25) is 0 Å². The van der Waals surface area contributed by atoms with E-state index in [-0.39, 0.29) is 0 Å². The van der Waals surface area contributed by atoms with Gasteiger partial charge in [-0.25, -0.2) is 0 Å². The molecule has 0 heterocycles. The Balaban J connectivity index is 2.24. The molecule has 1 unspecified atom stereocenters. The van der Waals surface area contributed by atoms with Crippen molar-refractivity contribution in [1.29, 1.82) is 0 Å². The maximum absolute atomic E-state index is 5.93. The molecule has 1 aliphatic rings. The minimum atomic E-state index is 0.447. The van der Waals surface area contributed by atoms with E-state index in [4.69, 9.17) is 23.2 Å². The second-order valence-electron chi connectivity index (χ2n) is 3.41. The van der Waals surface area contributed by atoms with Crippen LogP contribution in [0.4, 0.5) is 0 Å². The molecule has 1 atom stereocenters. The van der Waals surface area contributed by atoms with E-state index in [0.29, 0.717) is 14.9 Å². The van der Waals surface area contributed by atoms with E-state index in [1.807, 2.05) is 18.2 Å². The highest BCUT2D eigenvalue weighted by Crippen LogP contribution is 2.46. The Morgan fingerprint density at radius 1 is 1.23 bits per heavy atom. The van der Waals surface area contributed by atoms with Crippen LogP contribution in [0.1, 0.15) is 23.2 Å². The predicted molar refractivity (Wildman–Crippen MR) is 60.9 cm³/mol. The first-order valence-corrected chi connectivity index (χ1v) is 5.94. The van der Waals surface area contributed by atoms with Crippen LogP contribution >= 0.6 is 39.1 Å². The number of alkyl halides is 1. The monoisotopic (exact) mass is 278 g/mol. The van der Waals surface area contributed by atoms with Gasteiger partial charge in [0, 0.05) is 4.83 Å². The highest BCUT2D eigenvalue weighted by atomic mass is 79.9. The summed E-state index contributed by atoms with van der Waals surface area (Å²) in [4.78, 5) is 0.447. The second kappa shape index (κ2) is 3.80. The summed E-state index contributed by atoms with van der Waals surface area (Å²) in [5, 5.41) is 1.27. The minimum absolute atomic E-state index is 0.447. The molecule has 0 N–H and O–H groups in total. The van der Waals surface area contributed by atoms with Crippen molar-refractivity contribution in [2.75, 3.05) is 0 Å². The van der Waals surface area contributed by atoms with Gasteiger partial charge in [0.25, 0.3) is 0 Å². The molecule has 1 fully saturated rings. The maximum atomic E-state index is 5.93. The van der Waals surface area contributed by atoms with Crippen molar-refractivity contribution in [3.05, 3.63) is 33.8 Å². The first-order chi connectivity index (χ1) is 6.18. The van der Waals surface area contributed by atoms with Gasteiger partial charge in [-0.05, 0) is 36.5 Å². The van der Waals surface area contributed by atoms with Gasteiger partial charge < -0.3 is 0 Å². The summed E-state index contributed by atoms with van der Waals surface area (Å²) >= 11 is 15.4. The van der Waals surface area contributed by atoms with Gasteiger partial charge in [0.15, 0.2) is 0 Å². The van der Waals surface area contributed by atoms with E-state index in [1.54, 1.807) is 0 Å². The molecule has 0 bridgehead atoms. The fourth-order valence-electron chi connectivity index (χ4n) is 1.34. The largest absolute Gasteiger partial charge is 0.0836 e. The van der Waals surface area contributed by atoms with Gasteiger partial charge in [0.05, 0.1) is 10.0 Å². The van der Waals surface area contributed by atoms with Crippen LogP contribution in [0.3, 0.4) is 0 Å². The lowest BCUT2D eigenvalue weighted by molar-refractivity contribution is 0.823. The zero-order valence-electron chi connectivity index (χ0n) is 6.93. The van der Waals surface area contributed by atoms with Crippen LogP contribution in [0.2, 0.25) is 10.0 Å². The molecule has 0 radical (unpaired) electrons. The normalized spacial score (nSPS) is 18.7. The van der Waals surface area contributed by atoms with Gasteiger partial charge in [-0.3, -0.25) is 0 Å². The van der Waals surface area contributed by atoms with Gasteiger partial charge in [-0.1, -0.05) is 45.2 Å². The molecule has 1 aliphatic carbocycles. The third-order valence-corrected chi connectivity index (χ3v) is 4.31. The Labute approximate surface area is 96.4 Å². The molecule has 0 spiro atoms. The summed E-state index contributed by atoms with van der Waals surface area (Å²) in [7, 11) is 0. The topological polar surface area (TPSA) is 0 Å². The van der Waals surface area contributed by atoms with E-state index < -0.39 is 0 Å². The first kappa shape index (κ1) is 9.82. The van der Waals surface area contributed by atoms with Crippen LogP contribution in [-0.2, 0) is 0 Å². The lowest BCUT2D eigenvalue weighted by atomic mass is 10.1. The third kappa shape index (κ3) is 2.20. The number of rotatable bonds is 2. The van der Waals surface area contributed by atoms with Crippen molar-refractivity contribution in [1.82, 2.24) is 0 Å². The molecule has 2 rings (SSSR count). The minimum Gasteiger partial charge on any atom is -0.0836 e. The quantitative estimate of drug-likeness (QED) is 0.680. The molecule has 0 aromatic heterocycles. The van der Waals surface area contributed by atoms with Crippen LogP contribution in [-0.4, -0.2) is 0 Å². The van der Waals surface area contributed by atoms with Crippen molar-refractivity contribution >= 4 is 39.1 Å². The van der Waals surface area contributed by atoms with Crippen LogP contribution in [0.5, 0.6) is 0 Å². The Morgan fingerprint density at radius 3 is 2.46 bits per heavy atom. The van der Waals surface area contributed by atoms with Gasteiger partial charge in [0.1, 0.15) is 0 Å². The summed E-state index contributed by atoms with van der Waals surface area (Å²) in [6.07, 6.45) is 2.63. The molecule has 0 nitrogen and oxygen atoms in total. The van der Waals surface area contributed by atoms with Gasteiger partial charge in [-0.15, -0.1) is 0 Å². The zero-order chi connectivity index (χ0) is 9.42. The van der Waals surface area contributed by atoms with E-state index in [1.165, 1.54) is 18.4 Å². The highest BCUT2D eigenvalue weighted by Gasteiger charge is 2.30. The molecular formula is C10H9BrCl2. The van der Waals surface area contributed by atoms with Crippen LogP contribution in [0, 0.1) is 5.92 Å². The Bertz CT molecular complexity index is 321. The highest BCUT2D eigenvalue weighted by molar-refractivity contribution is 9.09. The fourth-order valence-corrected chi connectivity index (χ4v) is 2.46. The van der Waals surface area contributed by atoms with Crippen LogP contribution < -0.4 is 0 Å². The SMILES string of the molecule is Clc1ccc(C(Br)C2CC2)cc1Cl. The summed E-state index contributed by atoms with van der Waals surface area (Å²) in [5.74, 6) is 0.789. The zero-order valence-corrected chi connectivity index (χ0v) is 10.0. The lowest BCUT2D eigenvalue weighted by Gasteiger charge is -2.09. The number of benzene rings is 1. The molecule has 3 heteroatoms. The van der Waals surface area contributed by atoms with E-state index in [0.717, 1.165) is 5.92 Å². The van der Waals surface area contributed by atoms with Gasteiger partial charge in [-0.2, -0.15) is 0 Å². The van der Waals surface area contributed by atoms with Crippen molar-refractivity contribution < 1.29 is 0 Å². The molecule has 0 amide bonds. The molecule has 1 saturated carbocycles. The van der Waals surface area contributed by atoms with E-state index in [9.17, 15) is 0 Å². The van der Waals surface area contributed by atoms with Crippen molar-refractivity contribution in [3.63, 3.8) is 0 Å². The maximum Gasteiger partial charge on any atom is 0.0595 e. The molecule has 13 heavy (non-hydrogen) atoms. The number of halogens is 3. The molecule has 1 aromatic carbocycles. The first-order valence-electron chi connectivity index (χ1n) is 4.27. The summed E-state index contributed by atoms with van der Waals surface area (Å²) in [6, 6.07) is 5.84. The standard InChI is InChI=1S/C10H9BrCl2/c11-10(6-1-2-6)7-3-4-8(12)9(13)5-7/h3-6,10H,1-2H2. The molecule has 70 valence electrons. The summed E-state index contributed by atoms with van der Waals surface area (Å²) < 4.78 is 0. The van der Waals surface area contributed by atoms with E-state index >= 15 is 0 Å². The average molecular weight is 280 g/mol. The predicted octanol–water partition coefficient (Wildman–Crippen LogP) is 4.84. The van der Waals surface area contributed by atoms with Crippen LogP contribution in [0.25, 0.3) is 0 Å². The third-order valence-electron chi connectivity index (χ3n) is 2.30. The Morgan fingerprint density at radius 2 is 1.92 bits per heavy atom. The summed E-state index contributed by atoms with van der Waals surface area (Å²) in [6.45, 7) is 0. The average Bonchev–Trinajstić information content (AvgIpc) is 2.91. The number of hydrogen-bond acceptors (Lipinski definition) is 0. The smallest absolute Gasteiger partial charge is 0.0595 e. The number of hydrogen-bond donors (Lipinski definition) is 0. The van der Waals surface area contributed by atoms with Crippen LogP contribution in [0.15, 0.2) is 18.2 Å². The van der Waals surface area contributed by atoms with E-state index in [2.05, 4.69) is 15.9 Å². The fraction of sp³-hybridized carbons (Fsp3) is 0.400. The second-order valence-corrected chi connectivity index (χ2v) is 5.21. The molecule has 0 aliphatic heterocycles. The Kier molecular flexibility index (Phi) is 2.87. The summed E-state index contributed by atoms with van der Waals surface area (Å²) in [5.41, 5.74) is 1.23. The Hall–Kier alpha value is 0.280. The van der Waals surface area contributed by atoms with Gasteiger partial charge >= 0.3 is 0 Å². The lowest BCUT2D eigenvalue weighted by Crippen LogP contribution is -1.91. The van der Waals surface area contributed by atoms with Crippen molar-refractivity contribution in [2.24, 2.45) is 5.92 Å².